The van der Waals surface area contributed by atoms with Gasteiger partial charge in [-0.25, -0.2) is 0 Å². The summed E-state index contributed by atoms with van der Waals surface area (Å²) in [6, 6.07) is 12.0. The molecule has 0 unspecified atom stereocenters. The third-order valence-electron chi connectivity index (χ3n) is 3.98. The molecule has 3 heteroatoms. The highest BCUT2D eigenvalue weighted by Gasteiger charge is 2.12. The lowest BCUT2D eigenvalue weighted by Gasteiger charge is -2.17. The highest BCUT2D eigenvalue weighted by atomic mass is 16.5. The summed E-state index contributed by atoms with van der Waals surface area (Å²) < 4.78 is 6.00. The molecule has 0 saturated heterocycles. The van der Waals surface area contributed by atoms with Gasteiger partial charge in [0, 0.05) is 0 Å². The van der Waals surface area contributed by atoms with Crippen LogP contribution < -0.4 is 10.5 Å². The molecule has 2 aromatic rings. The zero-order valence-corrected chi connectivity index (χ0v) is 12.3. The molecule has 3 nitrogen and oxygen atoms in total. The fraction of sp³-hybridized carbons (Fsp3) is 0.278. The largest absolute Gasteiger partial charge is 0.457 e. The van der Waals surface area contributed by atoms with Crippen molar-refractivity contribution in [2.24, 2.45) is 5.73 Å². The van der Waals surface area contributed by atoms with E-state index < -0.39 is 0 Å². The molecule has 1 aliphatic rings. The van der Waals surface area contributed by atoms with E-state index in [1.807, 2.05) is 31.2 Å². The first-order valence-electron chi connectivity index (χ1n) is 7.38. The highest BCUT2D eigenvalue weighted by molar-refractivity contribution is 5.97. The molecule has 0 atom stereocenters. The summed E-state index contributed by atoms with van der Waals surface area (Å²) in [6.07, 6.45) is 4.82. The van der Waals surface area contributed by atoms with Gasteiger partial charge in [0.05, 0.1) is 5.56 Å². The summed E-state index contributed by atoms with van der Waals surface area (Å²) in [5.41, 5.74) is 10.2. The molecule has 0 aliphatic heterocycles. The van der Waals surface area contributed by atoms with E-state index in [9.17, 15) is 0 Å². The van der Waals surface area contributed by atoms with Crippen LogP contribution in [0, 0.1) is 12.3 Å². The van der Waals surface area contributed by atoms with Crippen LogP contribution in [0.15, 0.2) is 36.4 Å². The lowest BCUT2D eigenvalue weighted by atomic mass is 9.92. The monoisotopic (exact) mass is 280 g/mol. The van der Waals surface area contributed by atoms with E-state index >= 15 is 0 Å². The normalized spacial score (nSPS) is 13.6. The summed E-state index contributed by atoms with van der Waals surface area (Å²) in [5.74, 6) is 1.50. The lowest BCUT2D eigenvalue weighted by molar-refractivity contribution is 0.479. The van der Waals surface area contributed by atoms with Gasteiger partial charge in [-0.3, -0.25) is 5.41 Å². The molecule has 3 N–H and O–H groups in total. The summed E-state index contributed by atoms with van der Waals surface area (Å²) >= 11 is 0. The van der Waals surface area contributed by atoms with Crippen molar-refractivity contribution in [3.8, 4) is 11.5 Å². The van der Waals surface area contributed by atoms with E-state index in [2.05, 4.69) is 12.1 Å². The molecule has 0 spiro atoms. The van der Waals surface area contributed by atoms with E-state index in [-0.39, 0.29) is 5.84 Å². The Labute approximate surface area is 125 Å². The molecule has 21 heavy (non-hydrogen) atoms. The molecule has 0 amide bonds. The molecule has 0 aromatic heterocycles. The third kappa shape index (κ3) is 2.92. The Morgan fingerprint density at radius 2 is 1.81 bits per heavy atom. The second kappa shape index (κ2) is 5.60. The predicted molar refractivity (Wildman–Crippen MR) is 85.4 cm³/mol. The van der Waals surface area contributed by atoms with Crippen molar-refractivity contribution in [1.82, 2.24) is 0 Å². The summed E-state index contributed by atoms with van der Waals surface area (Å²) in [6.45, 7) is 2.00. The number of ether oxygens (including phenoxy) is 1. The zero-order chi connectivity index (χ0) is 14.8. The summed E-state index contributed by atoms with van der Waals surface area (Å²) in [4.78, 5) is 0. The van der Waals surface area contributed by atoms with Gasteiger partial charge < -0.3 is 10.5 Å². The Bertz CT molecular complexity index is 692. The van der Waals surface area contributed by atoms with E-state index in [1.54, 1.807) is 0 Å². The van der Waals surface area contributed by atoms with Crippen LogP contribution in [0.5, 0.6) is 11.5 Å². The predicted octanol–water partition coefficient (Wildman–Crippen LogP) is 3.95. The SMILES string of the molecule is Cc1ccc(C(=N)N)c(Oc2ccc3c(c2)CCCC3)c1. The van der Waals surface area contributed by atoms with Gasteiger partial charge in [0.15, 0.2) is 0 Å². The van der Waals surface area contributed by atoms with Crippen LogP contribution in [0.1, 0.15) is 35.1 Å². The van der Waals surface area contributed by atoms with Gasteiger partial charge in [-0.1, -0.05) is 12.1 Å². The molecule has 1 aliphatic carbocycles. The molecule has 0 radical (unpaired) electrons. The first-order valence-corrected chi connectivity index (χ1v) is 7.38. The Kier molecular flexibility index (Phi) is 3.65. The van der Waals surface area contributed by atoms with Crippen molar-refractivity contribution in [3.63, 3.8) is 0 Å². The molecule has 0 heterocycles. The molecule has 0 bridgehead atoms. The Hall–Kier alpha value is -2.29. The van der Waals surface area contributed by atoms with Gasteiger partial charge in [-0.05, 0) is 73.6 Å². The average Bonchev–Trinajstić information content (AvgIpc) is 2.47. The van der Waals surface area contributed by atoms with Crippen LogP contribution >= 0.6 is 0 Å². The smallest absolute Gasteiger partial charge is 0.138 e. The maximum absolute atomic E-state index is 7.66. The first kappa shape index (κ1) is 13.7. The van der Waals surface area contributed by atoms with Crippen LogP contribution in [-0.2, 0) is 12.8 Å². The number of rotatable bonds is 3. The van der Waals surface area contributed by atoms with Crippen molar-refractivity contribution in [3.05, 3.63) is 58.7 Å². The minimum atomic E-state index is 0.0305. The van der Waals surface area contributed by atoms with E-state index in [1.165, 1.54) is 30.4 Å². The number of nitrogens with two attached hydrogens (primary N) is 1. The maximum Gasteiger partial charge on any atom is 0.138 e. The highest BCUT2D eigenvalue weighted by Crippen LogP contribution is 2.30. The number of hydrogen-bond donors (Lipinski definition) is 2. The van der Waals surface area contributed by atoms with Gasteiger partial charge >= 0.3 is 0 Å². The maximum atomic E-state index is 7.66. The van der Waals surface area contributed by atoms with Crippen LogP contribution in [-0.4, -0.2) is 5.84 Å². The first-order chi connectivity index (χ1) is 10.1. The van der Waals surface area contributed by atoms with Crippen molar-refractivity contribution in [2.45, 2.75) is 32.6 Å². The Morgan fingerprint density at radius 1 is 1.05 bits per heavy atom. The molecule has 108 valence electrons. The van der Waals surface area contributed by atoms with Gasteiger partial charge in [0.1, 0.15) is 17.3 Å². The van der Waals surface area contributed by atoms with Crippen molar-refractivity contribution >= 4 is 5.84 Å². The van der Waals surface area contributed by atoms with E-state index in [0.717, 1.165) is 17.7 Å². The van der Waals surface area contributed by atoms with Crippen molar-refractivity contribution < 1.29 is 4.74 Å². The topological polar surface area (TPSA) is 59.1 Å². The van der Waals surface area contributed by atoms with Crippen LogP contribution in [0.4, 0.5) is 0 Å². The van der Waals surface area contributed by atoms with Crippen LogP contribution in [0.3, 0.4) is 0 Å². The second-order valence-corrected chi connectivity index (χ2v) is 5.65. The number of nitrogen functional groups attached to an aromatic ring is 1. The van der Waals surface area contributed by atoms with Gasteiger partial charge in [0.2, 0.25) is 0 Å². The van der Waals surface area contributed by atoms with E-state index in [4.69, 9.17) is 15.9 Å². The summed E-state index contributed by atoms with van der Waals surface area (Å²) in [7, 11) is 0. The van der Waals surface area contributed by atoms with Gasteiger partial charge in [-0.2, -0.15) is 0 Å². The molecule has 0 fully saturated rings. The number of benzene rings is 2. The third-order valence-corrected chi connectivity index (χ3v) is 3.98. The number of nitrogens with one attached hydrogen (secondary N) is 1. The standard InChI is InChI=1S/C18H20N2O/c1-12-6-9-16(18(19)20)17(10-12)21-15-8-7-13-4-2-3-5-14(13)11-15/h6-11H,2-5H2,1H3,(H3,19,20). The zero-order valence-electron chi connectivity index (χ0n) is 12.3. The number of fused-ring (bicyclic) bond motifs is 1. The average molecular weight is 280 g/mol. The fourth-order valence-electron chi connectivity index (χ4n) is 2.84. The molecular formula is C18H20N2O. The number of aryl methyl sites for hydroxylation is 3. The number of hydrogen-bond acceptors (Lipinski definition) is 2. The fourth-order valence-corrected chi connectivity index (χ4v) is 2.84. The Balaban J connectivity index is 1.93. The van der Waals surface area contributed by atoms with Gasteiger partial charge in [0.25, 0.3) is 0 Å². The molecule has 2 aromatic carbocycles. The summed E-state index contributed by atoms with van der Waals surface area (Å²) in [5, 5.41) is 7.66. The number of amidine groups is 1. The molecular weight excluding hydrogens is 260 g/mol. The minimum Gasteiger partial charge on any atom is -0.457 e. The Morgan fingerprint density at radius 3 is 2.57 bits per heavy atom. The van der Waals surface area contributed by atoms with Crippen molar-refractivity contribution in [1.29, 1.82) is 5.41 Å². The van der Waals surface area contributed by atoms with E-state index in [0.29, 0.717) is 11.3 Å². The molecule has 3 rings (SSSR count). The second-order valence-electron chi connectivity index (χ2n) is 5.65. The van der Waals surface area contributed by atoms with Crippen LogP contribution in [0.2, 0.25) is 0 Å². The van der Waals surface area contributed by atoms with Crippen molar-refractivity contribution in [2.75, 3.05) is 0 Å². The molecule has 0 saturated carbocycles. The quantitative estimate of drug-likeness (QED) is 0.660. The van der Waals surface area contributed by atoms with Gasteiger partial charge in [-0.15, -0.1) is 0 Å². The van der Waals surface area contributed by atoms with Crippen LogP contribution in [0.25, 0.3) is 0 Å². The lowest BCUT2D eigenvalue weighted by Crippen LogP contribution is -2.12. The minimum absolute atomic E-state index is 0.0305.